The van der Waals surface area contributed by atoms with Gasteiger partial charge in [-0.3, -0.25) is 4.79 Å². The number of ether oxygens (including phenoxy) is 1. The second-order valence-electron chi connectivity index (χ2n) is 8.48. The molecule has 4 aliphatic rings. The summed E-state index contributed by atoms with van der Waals surface area (Å²) in [4.78, 5) is 12.4. The van der Waals surface area contributed by atoms with Gasteiger partial charge in [0, 0.05) is 18.3 Å². The third kappa shape index (κ3) is 1.09. The van der Waals surface area contributed by atoms with Crippen molar-refractivity contribution >= 4 is 5.97 Å². The summed E-state index contributed by atoms with van der Waals surface area (Å²) in [6.07, 6.45) is 3.97. The van der Waals surface area contributed by atoms with Gasteiger partial charge in [-0.25, -0.2) is 0 Å². The van der Waals surface area contributed by atoms with E-state index in [1.165, 1.54) is 0 Å². The molecule has 5 atom stereocenters. The predicted molar refractivity (Wildman–Crippen MR) is 71.8 cm³/mol. The molecule has 0 aromatic rings. The van der Waals surface area contributed by atoms with Crippen molar-refractivity contribution in [2.75, 3.05) is 0 Å². The monoisotopic (exact) mass is 280 g/mol. The van der Waals surface area contributed by atoms with E-state index in [2.05, 4.69) is 0 Å². The summed E-state index contributed by atoms with van der Waals surface area (Å²) in [5.41, 5.74) is -2.84. The standard InChI is InChI=1S/C16H24O4/c1-4-12(2,3)11(17)20-13-5-10-6-14(18)9-15(19,7-13)16(10,14)8-13/h10,18-19H,4-9H2,1-3H3. The van der Waals surface area contributed by atoms with Crippen LogP contribution < -0.4 is 0 Å². The maximum atomic E-state index is 12.4. The summed E-state index contributed by atoms with van der Waals surface area (Å²) in [6.45, 7) is 5.80. The topological polar surface area (TPSA) is 66.8 Å². The highest BCUT2D eigenvalue weighted by Crippen LogP contribution is 2.85. The van der Waals surface area contributed by atoms with E-state index in [1.54, 1.807) is 0 Å². The fourth-order valence-electron chi connectivity index (χ4n) is 5.82. The average molecular weight is 280 g/mol. The highest BCUT2D eigenvalue weighted by Gasteiger charge is 2.91. The maximum absolute atomic E-state index is 12.4. The van der Waals surface area contributed by atoms with Crippen molar-refractivity contribution in [1.29, 1.82) is 0 Å². The van der Waals surface area contributed by atoms with Crippen LogP contribution in [0.1, 0.15) is 59.3 Å². The molecule has 20 heavy (non-hydrogen) atoms. The van der Waals surface area contributed by atoms with E-state index in [-0.39, 0.29) is 11.4 Å². The molecule has 4 fully saturated rings. The molecular formula is C16H24O4. The smallest absolute Gasteiger partial charge is 0.312 e. The number of carbonyl (C=O) groups is 1. The Kier molecular flexibility index (Phi) is 2.02. The first-order chi connectivity index (χ1) is 9.12. The summed E-state index contributed by atoms with van der Waals surface area (Å²) < 4.78 is 5.92. The molecule has 0 aromatic carbocycles. The van der Waals surface area contributed by atoms with Crippen LogP contribution in [0.3, 0.4) is 0 Å². The van der Waals surface area contributed by atoms with Crippen LogP contribution in [-0.2, 0) is 9.53 Å². The second-order valence-corrected chi connectivity index (χ2v) is 8.48. The van der Waals surface area contributed by atoms with E-state index in [9.17, 15) is 15.0 Å². The van der Waals surface area contributed by atoms with Crippen LogP contribution in [0, 0.1) is 16.7 Å². The van der Waals surface area contributed by atoms with Crippen molar-refractivity contribution in [3.8, 4) is 0 Å². The number of hydrogen-bond donors (Lipinski definition) is 2. The highest BCUT2D eigenvalue weighted by atomic mass is 16.6. The van der Waals surface area contributed by atoms with Crippen molar-refractivity contribution < 1.29 is 19.7 Å². The Morgan fingerprint density at radius 3 is 2.40 bits per heavy atom. The summed E-state index contributed by atoms with van der Waals surface area (Å²) in [7, 11) is 0. The lowest BCUT2D eigenvalue weighted by molar-refractivity contribution is -0.373. The summed E-state index contributed by atoms with van der Waals surface area (Å²) in [5, 5.41) is 21.3. The Morgan fingerprint density at radius 1 is 1.20 bits per heavy atom. The van der Waals surface area contributed by atoms with Gasteiger partial charge in [-0.2, -0.15) is 0 Å². The fraction of sp³-hybridized carbons (Fsp3) is 0.938. The Hall–Kier alpha value is -0.610. The number of aliphatic hydroxyl groups is 2. The first-order valence-corrected chi connectivity index (χ1v) is 7.80. The van der Waals surface area contributed by atoms with Crippen LogP contribution >= 0.6 is 0 Å². The largest absolute Gasteiger partial charge is 0.459 e. The Labute approximate surface area is 119 Å². The zero-order valence-electron chi connectivity index (χ0n) is 12.5. The van der Waals surface area contributed by atoms with Gasteiger partial charge in [0.2, 0.25) is 0 Å². The second kappa shape index (κ2) is 3.09. The molecule has 0 amide bonds. The molecule has 4 heteroatoms. The van der Waals surface area contributed by atoms with Gasteiger partial charge in [-0.05, 0) is 45.4 Å². The zero-order chi connectivity index (χ0) is 14.6. The lowest BCUT2D eigenvalue weighted by Gasteiger charge is -2.74. The minimum atomic E-state index is -0.792. The van der Waals surface area contributed by atoms with Crippen LogP contribution in [0.4, 0.5) is 0 Å². The van der Waals surface area contributed by atoms with Crippen LogP contribution in [0.25, 0.3) is 0 Å². The van der Waals surface area contributed by atoms with Crippen molar-refractivity contribution in [3.63, 3.8) is 0 Å². The van der Waals surface area contributed by atoms with Gasteiger partial charge in [-0.1, -0.05) is 6.92 Å². The Bertz CT molecular complexity index is 515. The number of esters is 1. The van der Waals surface area contributed by atoms with E-state index in [0.29, 0.717) is 25.2 Å². The third-order valence-corrected chi connectivity index (χ3v) is 7.11. The van der Waals surface area contributed by atoms with Gasteiger partial charge in [0.25, 0.3) is 0 Å². The van der Waals surface area contributed by atoms with E-state index < -0.39 is 22.2 Å². The normalized spacial score (nSPS) is 55.0. The van der Waals surface area contributed by atoms with Crippen molar-refractivity contribution in [1.82, 2.24) is 0 Å². The predicted octanol–water partition coefficient (Wildman–Crippen LogP) is 1.77. The van der Waals surface area contributed by atoms with Crippen molar-refractivity contribution in [2.45, 2.75) is 76.1 Å². The molecule has 0 aliphatic heterocycles. The molecule has 4 saturated carbocycles. The third-order valence-electron chi connectivity index (χ3n) is 7.11. The van der Waals surface area contributed by atoms with Gasteiger partial charge in [0.15, 0.2) is 0 Å². The Morgan fingerprint density at radius 2 is 1.90 bits per heavy atom. The molecule has 0 heterocycles. The maximum Gasteiger partial charge on any atom is 0.312 e. The molecule has 0 radical (unpaired) electrons. The van der Waals surface area contributed by atoms with Gasteiger partial charge < -0.3 is 14.9 Å². The number of hydrogen-bond acceptors (Lipinski definition) is 4. The van der Waals surface area contributed by atoms with Gasteiger partial charge in [0.05, 0.1) is 16.6 Å². The molecule has 5 unspecified atom stereocenters. The SMILES string of the molecule is CCC(C)(C)C(=O)OC12CC3CC4(O)CC(O)(C1)C34C2. The summed E-state index contributed by atoms with van der Waals surface area (Å²) in [5.74, 6) is 0.170. The fourth-order valence-corrected chi connectivity index (χ4v) is 5.82. The van der Waals surface area contributed by atoms with Crippen molar-refractivity contribution in [3.05, 3.63) is 0 Å². The lowest BCUT2D eigenvalue weighted by Crippen LogP contribution is -2.82. The molecule has 0 saturated heterocycles. The first kappa shape index (κ1) is 13.1. The van der Waals surface area contributed by atoms with E-state index in [0.717, 1.165) is 19.3 Å². The van der Waals surface area contributed by atoms with E-state index >= 15 is 0 Å². The lowest BCUT2D eigenvalue weighted by atomic mass is 9.33. The number of rotatable bonds is 3. The number of fused-ring (bicyclic) bond motifs is 1. The molecule has 112 valence electrons. The first-order valence-electron chi connectivity index (χ1n) is 7.80. The van der Waals surface area contributed by atoms with Gasteiger partial charge >= 0.3 is 5.97 Å². The van der Waals surface area contributed by atoms with Crippen LogP contribution in [0.5, 0.6) is 0 Å². The van der Waals surface area contributed by atoms with Crippen LogP contribution in [0.2, 0.25) is 0 Å². The molecule has 4 rings (SSSR count). The van der Waals surface area contributed by atoms with E-state index in [4.69, 9.17) is 4.74 Å². The average Bonchev–Trinajstić information content (AvgIpc) is 2.74. The van der Waals surface area contributed by atoms with Crippen LogP contribution in [-0.4, -0.2) is 33.0 Å². The molecule has 1 spiro atoms. The molecule has 2 bridgehead atoms. The molecule has 4 nitrogen and oxygen atoms in total. The quantitative estimate of drug-likeness (QED) is 0.773. The van der Waals surface area contributed by atoms with Crippen LogP contribution in [0.15, 0.2) is 0 Å². The number of carbonyl (C=O) groups excluding carboxylic acids is 1. The highest BCUT2D eigenvalue weighted by molar-refractivity contribution is 5.76. The molecule has 4 aliphatic carbocycles. The van der Waals surface area contributed by atoms with Gasteiger partial charge in [-0.15, -0.1) is 0 Å². The van der Waals surface area contributed by atoms with Crippen molar-refractivity contribution in [2.24, 2.45) is 16.7 Å². The molecular weight excluding hydrogens is 256 g/mol. The van der Waals surface area contributed by atoms with Gasteiger partial charge in [0.1, 0.15) is 5.60 Å². The van der Waals surface area contributed by atoms with E-state index in [1.807, 2.05) is 20.8 Å². The zero-order valence-corrected chi connectivity index (χ0v) is 12.5. The molecule has 2 N–H and O–H groups in total. The summed E-state index contributed by atoms with van der Waals surface area (Å²) in [6, 6.07) is 0. The molecule has 0 aromatic heterocycles. The minimum Gasteiger partial charge on any atom is -0.459 e. The Balaban J connectivity index is 1.61. The summed E-state index contributed by atoms with van der Waals surface area (Å²) >= 11 is 0. The minimum absolute atomic E-state index is 0.161.